The summed E-state index contributed by atoms with van der Waals surface area (Å²) in [5, 5.41) is 9.80. The van der Waals surface area contributed by atoms with Crippen LogP contribution >= 0.6 is 0 Å². The van der Waals surface area contributed by atoms with Gasteiger partial charge in [0.2, 0.25) is 0 Å². The smallest absolute Gasteiger partial charge is 0.258 e. The Balaban J connectivity index is 3.06. The zero-order chi connectivity index (χ0) is 11.6. The molecule has 0 bridgehead atoms. The Morgan fingerprint density at radius 2 is 2.00 bits per heavy atom. The molecule has 15 heavy (non-hydrogen) atoms. The molecule has 0 aliphatic heterocycles. The van der Waals surface area contributed by atoms with Crippen LogP contribution in [0.1, 0.15) is 0 Å². The number of nitro groups is 1. The summed E-state index contributed by atoms with van der Waals surface area (Å²) in [7, 11) is 0. The molecule has 1 aromatic rings. The van der Waals surface area contributed by atoms with Gasteiger partial charge >= 0.3 is 6.30 Å². The van der Waals surface area contributed by atoms with Gasteiger partial charge in [-0.25, -0.2) is 10.9 Å². The van der Waals surface area contributed by atoms with Crippen LogP contribution in [0.2, 0.25) is 0 Å². The zero-order valence-corrected chi connectivity index (χ0v) is 7.23. The molecule has 0 unspecified atom stereocenters. The molecule has 0 spiro atoms. The summed E-state index contributed by atoms with van der Waals surface area (Å²) < 4.78 is 36.3. The van der Waals surface area contributed by atoms with Gasteiger partial charge < -0.3 is 0 Å². The van der Waals surface area contributed by atoms with Gasteiger partial charge in [0.25, 0.3) is 5.69 Å². The summed E-state index contributed by atoms with van der Waals surface area (Å²) >= 11 is 0. The molecule has 1 aromatic carbocycles. The van der Waals surface area contributed by atoms with E-state index in [0.29, 0.717) is 0 Å². The van der Waals surface area contributed by atoms with Crippen LogP contribution in [0, 0.1) is 10.1 Å². The molecule has 0 fully saturated rings. The quantitative estimate of drug-likeness (QED) is 0.357. The lowest BCUT2D eigenvalue weighted by atomic mass is 10.3. The Bertz CT molecular complexity index is 380. The molecule has 0 aliphatic carbocycles. The number of nitrogens with two attached hydrogens (primary N) is 1. The molecule has 1 rings (SSSR count). The van der Waals surface area contributed by atoms with Crippen molar-refractivity contribution in [1.29, 1.82) is 0 Å². The third kappa shape index (κ3) is 2.56. The minimum atomic E-state index is -4.77. The SMILES string of the molecule is NN(c1cccc([N+](=O)[O-])c1)C(F)(F)F. The lowest BCUT2D eigenvalue weighted by molar-refractivity contribution is -0.384. The lowest BCUT2D eigenvalue weighted by Gasteiger charge is -2.20. The van der Waals surface area contributed by atoms with Gasteiger partial charge in [0.15, 0.2) is 0 Å². The first-order valence-corrected chi connectivity index (χ1v) is 3.68. The first-order chi connectivity index (χ1) is 6.82. The molecule has 0 atom stereocenters. The van der Waals surface area contributed by atoms with Crippen molar-refractivity contribution in [3.8, 4) is 0 Å². The number of nitro benzene ring substituents is 1. The van der Waals surface area contributed by atoms with Crippen molar-refractivity contribution in [3.63, 3.8) is 0 Å². The van der Waals surface area contributed by atoms with Crippen molar-refractivity contribution in [2.45, 2.75) is 6.30 Å². The second-order valence-electron chi connectivity index (χ2n) is 2.61. The van der Waals surface area contributed by atoms with Crippen LogP contribution in [0.15, 0.2) is 24.3 Å². The molecule has 0 heterocycles. The van der Waals surface area contributed by atoms with E-state index in [1.165, 1.54) is 0 Å². The number of alkyl halides is 3. The molecule has 8 heteroatoms. The highest BCUT2D eigenvalue weighted by Crippen LogP contribution is 2.27. The molecular weight excluding hydrogens is 215 g/mol. The standard InChI is InChI=1S/C7H6F3N3O2/c8-7(9,10)12(11)5-2-1-3-6(4-5)13(14)15/h1-4H,11H2. The molecule has 5 nitrogen and oxygen atoms in total. The molecule has 0 radical (unpaired) electrons. The van der Waals surface area contributed by atoms with E-state index in [0.717, 1.165) is 24.3 Å². The van der Waals surface area contributed by atoms with Crippen LogP contribution in [-0.4, -0.2) is 11.2 Å². The van der Waals surface area contributed by atoms with E-state index in [-0.39, 0.29) is 0 Å². The molecule has 2 N–H and O–H groups in total. The van der Waals surface area contributed by atoms with Gasteiger partial charge in [-0.3, -0.25) is 10.1 Å². The molecule has 0 saturated heterocycles. The first-order valence-electron chi connectivity index (χ1n) is 3.68. The maximum Gasteiger partial charge on any atom is 0.498 e. The summed E-state index contributed by atoms with van der Waals surface area (Å²) in [6.45, 7) is 0. The van der Waals surface area contributed by atoms with Crippen LogP contribution < -0.4 is 10.9 Å². The van der Waals surface area contributed by atoms with Gasteiger partial charge in [0, 0.05) is 12.1 Å². The van der Waals surface area contributed by atoms with E-state index in [1.54, 1.807) is 0 Å². The lowest BCUT2D eigenvalue weighted by Crippen LogP contribution is -2.43. The van der Waals surface area contributed by atoms with Gasteiger partial charge in [-0.2, -0.15) is 0 Å². The number of halogens is 3. The number of hydrazine groups is 1. The number of nitrogens with zero attached hydrogens (tertiary/aromatic N) is 2. The fourth-order valence-corrected chi connectivity index (χ4v) is 0.903. The predicted octanol–water partition coefficient (Wildman–Crippen LogP) is 1.79. The Hall–Kier alpha value is -1.83. The zero-order valence-electron chi connectivity index (χ0n) is 7.23. The highest BCUT2D eigenvalue weighted by Gasteiger charge is 2.36. The Labute approximate surface area is 82.0 Å². The molecular formula is C7H6F3N3O2. The second kappa shape index (κ2) is 3.73. The van der Waals surface area contributed by atoms with Crippen LogP contribution in [0.5, 0.6) is 0 Å². The molecule has 0 aromatic heterocycles. The van der Waals surface area contributed by atoms with Crippen molar-refractivity contribution in [1.82, 2.24) is 0 Å². The van der Waals surface area contributed by atoms with Gasteiger partial charge in [-0.05, 0) is 6.07 Å². The van der Waals surface area contributed by atoms with E-state index in [4.69, 9.17) is 5.84 Å². The molecule has 0 aliphatic rings. The fourth-order valence-electron chi connectivity index (χ4n) is 0.903. The average Bonchev–Trinajstić information content (AvgIpc) is 2.15. The largest absolute Gasteiger partial charge is 0.498 e. The summed E-state index contributed by atoms with van der Waals surface area (Å²) in [5.41, 5.74) is -0.941. The van der Waals surface area contributed by atoms with Crippen LogP contribution in [0.4, 0.5) is 24.5 Å². The number of benzene rings is 1. The van der Waals surface area contributed by atoms with Crippen molar-refractivity contribution in [2.24, 2.45) is 5.84 Å². The van der Waals surface area contributed by atoms with Crippen LogP contribution in [-0.2, 0) is 0 Å². The monoisotopic (exact) mass is 221 g/mol. The minimum absolute atomic E-state index is 0.452. The first kappa shape index (κ1) is 11.2. The van der Waals surface area contributed by atoms with Crippen molar-refractivity contribution >= 4 is 11.4 Å². The second-order valence-corrected chi connectivity index (χ2v) is 2.61. The van der Waals surface area contributed by atoms with Gasteiger partial charge in [-0.1, -0.05) is 6.07 Å². The third-order valence-electron chi connectivity index (χ3n) is 1.59. The summed E-state index contributed by atoms with van der Waals surface area (Å²) in [4.78, 5) is 9.49. The number of rotatable bonds is 2. The predicted molar refractivity (Wildman–Crippen MR) is 45.8 cm³/mol. The number of anilines is 1. The van der Waals surface area contributed by atoms with Crippen molar-refractivity contribution in [2.75, 3.05) is 5.01 Å². The highest BCUT2D eigenvalue weighted by molar-refractivity contribution is 5.52. The van der Waals surface area contributed by atoms with Gasteiger partial charge in [0.05, 0.1) is 10.6 Å². The van der Waals surface area contributed by atoms with Gasteiger partial charge in [-0.15, -0.1) is 13.2 Å². The number of non-ortho nitro benzene ring substituents is 1. The van der Waals surface area contributed by atoms with Crippen LogP contribution in [0.25, 0.3) is 0 Å². The molecule has 82 valence electrons. The Morgan fingerprint density at radius 1 is 1.40 bits per heavy atom. The normalized spacial score (nSPS) is 11.2. The summed E-state index contributed by atoms with van der Waals surface area (Å²) in [6, 6.07) is 3.97. The average molecular weight is 221 g/mol. The maximum absolute atomic E-state index is 12.1. The van der Waals surface area contributed by atoms with Crippen molar-refractivity contribution in [3.05, 3.63) is 34.4 Å². The fraction of sp³-hybridized carbons (Fsp3) is 0.143. The highest BCUT2D eigenvalue weighted by atomic mass is 19.4. The van der Waals surface area contributed by atoms with Crippen molar-refractivity contribution < 1.29 is 18.1 Å². The summed E-state index contributed by atoms with van der Waals surface area (Å²) in [5.74, 6) is 4.73. The van der Waals surface area contributed by atoms with E-state index >= 15 is 0 Å². The third-order valence-corrected chi connectivity index (χ3v) is 1.59. The van der Waals surface area contributed by atoms with E-state index in [2.05, 4.69) is 0 Å². The van der Waals surface area contributed by atoms with Gasteiger partial charge in [0.1, 0.15) is 0 Å². The summed E-state index contributed by atoms with van der Waals surface area (Å²) in [6.07, 6.45) is -4.77. The van der Waals surface area contributed by atoms with E-state index < -0.39 is 27.6 Å². The minimum Gasteiger partial charge on any atom is -0.258 e. The topological polar surface area (TPSA) is 72.4 Å². The Morgan fingerprint density at radius 3 is 2.47 bits per heavy atom. The Kier molecular flexibility index (Phi) is 2.80. The number of hydrogen-bond donors (Lipinski definition) is 1. The maximum atomic E-state index is 12.1. The van der Waals surface area contributed by atoms with E-state index in [1.807, 2.05) is 0 Å². The number of hydrogen-bond acceptors (Lipinski definition) is 4. The van der Waals surface area contributed by atoms with E-state index in [9.17, 15) is 23.3 Å². The molecule has 0 saturated carbocycles. The molecule has 0 amide bonds. The van der Waals surface area contributed by atoms with Crippen LogP contribution in [0.3, 0.4) is 0 Å².